The van der Waals surface area contributed by atoms with E-state index in [4.69, 9.17) is 4.74 Å². The highest BCUT2D eigenvalue weighted by atomic mass is 16.5. The molecule has 1 aliphatic heterocycles. The van der Waals surface area contributed by atoms with E-state index in [0.717, 1.165) is 25.2 Å². The molecule has 1 amide bonds. The predicted octanol–water partition coefficient (Wildman–Crippen LogP) is 4.43. The number of carbonyl (C=O) groups is 1. The normalized spacial score (nSPS) is 13.0. The van der Waals surface area contributed by atoms with E-state index in [2.05, 4.69) is 33.4 Å². The number of nitrogens with one attached hydrogen (secondary N) is 1. The van der Waals surface area contributed by atoms with Crippen molar-refractivity contribution in [3.63, 3.8) is 0 Å². The lowest BCUT2D eigenvalue weighted by atomic mass is 10.0. The van der Waals surface area contributed by atoms with Crippen LogP contribution in [0.1, 0.15) is 22.3 Å². The number of hydrogen-bond donors (Lipinski definition) is 1. The zero-order chi connectivity index (χ0) is 18.6. The quantitative estimate of drug-likeness (QED) is 0.749. The van der Waals surface area contributed by atoms with Gasteiger partial charge in [0.15, 0.2) is 0 Å². The SMILES string of the molecule is COc1ccccc1NC(=O)c1ccc(N2CCCc3ccccc32)nc1. The molecule has 1 aliphatic rings. The van der Waals surface area contributed by atoms with Crippen LogP contribution in [-0.4, -0.2) is 24.5 Å². The van der Waals surface area contributed by atoms with Gasteiger partial charge in [-0.15, -0.1) is 0 Å². The summed E-state index contributed by atoms with van der Waals surface area (Å²) in [4.78, 5) is 19.3. The molecule has 0 radical (unpaired) electrons. The van der Waals surface area contributed by atoms with Gasteiger partial charge in [-0.05, 0) is 48.7 Å². The van der Waals surface area contributed by atoms with Crippen LogP contribution < -0.4 is 15.0 Å². The Labute approximate surface area is 158 Å². The third kappa shape index (κ3) is 3.49. The minimum Gasteiger partial charge on any atom is -0.495 e. The molecule has 0 unspecified atom stereocenters. The van der Waals surface area contributed by atoms with E-state index in [1.165, 1.54) is 11.3 Å². The smallest absolute Gasteiger partial charge is 0.257 e. The minimum absolute atomic E-state index is 0.211. The predicted molar refractivity (Wildman–Crippen MR) is 107 cm³/mol. The third-order valence-corrected chi connectivity index (χ3v) is 4.75. The Kier molecular flexibility index (Phi) is 4.75. The number of carbonyl (C=O) groups excluding carboxylic acids is 1. The summed E-state index contributed by atoms with van der Waals surface area (Å²) in [6, 6.07) is 19.5. The number of rotatable bonds is 4. The summed E-state index contributed by atoms with van der Waals surface area (Å²) in [6.07, 6.45) is 3.80. The Balaban J connectivity index is 1.54. The standard InChI is InChI=1S/C22H21N3O2/c1-27-20-11-5-3-9-18(20)24-22(26)17-12-13-21(23-15-17)25-14-6-8-16-7-2-4-10-19(16)25/h2-5,7,9-13,15H,6,8,14H2,1H3,(H,24,26). The van der Waals surface area contributed by atoms with Crippen LogP contribution >= 0.6 is 0 Å². The van der Waals surface area contributed by atoms with Gasteiger partial charge in [-0.3, -0.25) is 4.79 Å². The monoisotopic (exact) mass is 359 g/mol. The number of amides is 1. The summed E-state index contributed by atoms with van der Waals surface area (Å²) in [5, 5.41) is 2.87. The zero-order valence-corrected chi connectivity index (χ0v) is 15.2. The number of para-hydroxylation sites is 3. The number of aryl methyl sites for hydroxylation is 1. The molecule has 2 heterocycles. The molecule has 5 heteroatoms. The number of fused-ring (bicyclic) bond motifs is 1. The van der Waals surface area contributed by atoms with E-state index in [1.807, 2.05) is 42.5 Å². The summed E-state index contributed by atoms with van der Waals surface area (Å²) < 4.78 is 5.28. The van der Waals surface area contributed by atoms with Crippen LogP contribution in [0.5, 0.6) is 5.75 Å². The van der Waals surface area contributed by atoms with Crippen molar-refractivity contribution in [3.05, 3.63) is 78.0 Å². The van der Waals surface area contributed by atoms with Crippen molar-refractivity contribution in [1.82, 2.24) is 4.98 Å². The molecule has 4 rings (SSSR count). The van der Waals surface area contributed by atoms with Crippen molar-refractivity contribution in [2.75, 3.05) is 23.9 Å². The molecule has 0 atom stereocenters. The van der Waals surface area contributed by atoms with E-state index in [1.54, 1.807) is 13.3 Å². The Hall–Kier alpha value is -3.34. The van der Waals surface area contributed by atoms with E-state index in [0.29, 0.717) is 17.0 Å². The van der Waals surface area contributed by atoms with Crippen LogP contribution in [0.15, 0.2) is 66.9 Å². The highest BCUT2D eigenvalue weighted by Crippen LogP contribution is 2.32. The molecular formula is C22H21N3O2. The Bertz CT molecular complexity index is 954. The van der Waals surface area contributed by atoms with Crippen LogP contribution in [0, 0.1) is 0 Å². The van der Waals surface area contributed by atoms with Gasteiger partial charge in [0.1, 0.15) is 11.6 Å². The zero-order valence-electron chi connectivity index (χ0n) is 15.2. The minimum atomic E-state index is -0.211. The molecule has 0 aliphatic carbocycles. The second-order valence-corrected chi connectivity index (χ2v) is 6.44. The van der Waals surface area contributed by atoms with Gasteiger partial charge in [0.25, 0.3) is 5.91 Å². The molecule has 0 saturated carbocycles. The van der Waals surface area contributed by atoms with Gasteiger partial charge in [0.2, 0.25) is 0 Å². The fraction of sp³-hybridized carbons (Fsp3) is 0.182. The first kappa shape index (κ1) is 17.1. The number of aromatic nitrogens is 1. The maximum Gasteiger partial charge on any atom is 0.257 e. The van der Waals surface area contributed by atoms with E-state index in [9.17, 15) is 4.79 Å². The topological polar surface area (TPSA) is 54.5 Å². The number of methoxy groups -OCH3 is 1. The Morgan fingerprint density at radius 3 is 2.70 bits per heavy atom. The maximum atomic E-state index is 12.5. The van der Waals surface area contributed by atoms with Gasteiger partial charge < -0.3 is 15.0 Å². The first-order chi connectivity index (χ1) is 13.3. The summed E-state index contributed by atoms with van der Waals surface area (Å²) >= 11 is 0. The molecular weight excluding hydrogens is 338 g/mol. The van der Waals surface area contributed by atoms with Crippen LogP contribution in [0.4, 0.5) is 17.2 Å². The molecule has 136 valence electrons. The summed E-state index contributed by atoms with van der Waals surface area (Å²) in [6.45, 7) is 0.927. The van der Waals surface area contributed by atoms with E-state index < -0.39 is 0 Å². The molecule has 27 heavy (non-hydrogen) atoms. The molecule has 5 nitrogen and oxygen atoms in total. The lowest BCUT2D eigenvalue weighted by Gasteiger charge is -2.30. The van der Waals surface area contributed by atoms with Crippen LogP contribution in [0.25, 0.3) is 0 Å². The number of benzene rings is 2. The van der Waals surface area contributed by atoms with Crippen molar-refractivity contribution in [2.45, 2.75) is 12.8 Å². The van der Waals surface area contributed by atoms with Crippen molar-refractivity contribution < 1.29 is 9.53 Å². The largest absolute Gasteiger partial charge is 0.495 e. The summed E-state index contributed by atoms with van der Waals surface area (Å²) in [5.41, 5.74) is 3.68. The van der Waals surface area contributed by atoms with E-state index >= 15 is 0 Å². The molecule has 1 N–H and O–H groups in total. The second-order valence-electron chi connectivity index (χ2n) is 6.44. The van der Waals surface area contributed by atoms with Crippen molar-refractivity contribution in [2.24, 2.45) is 0 Å². The molecule has 3 aromatic rings. The fourth-order valence-electron chi connectivity index (χ4n) is 3.39. The summed E-state index contributed by atoms with van der Waals surface area (Å²) in [7, 11) is 1.58. The van der Waals surface area contributed by atoms with Crippen molar-refractivity contribution in [1.29, 1.82) is 0 Å². The molecule has 1 aromatic heterocycles. The molecule has 0 bridgehead atoms. The molecule has 0 saturated heterocycles. The number of anilines is 3. The number of pyridine rings is 1. The summed E-state index contributed by atoms with van der Waals surface area (Å²) in [5.74, 6) is 1.27. The lowest BCUT2D eigenvalue weighted by Crippen LogP contribution is -2.25. The van der Waals surface area contributed by atoms with Gasteiger partial charge >= 0.3 is 0 Å². The molecule has 2 aromatic carbocycles. The van der Waals surface area contributed by atoms with Crippen molar-refractivity contribution >= 4 is 23.1 Å². The van der Waals surface area contributed by atoms with Crippen LogP contribution in [-0.2, 0) is 6.42 Å². The highest BCUT2D eigenvalue weighted by Gasteiger charge is 2.19. The van der Waals surface area contributed by atoms with Gasteiger partial charge in [-0.25, -0.2) is 4.98 Å². The van der Waals surface area contributed by atoms with Crippen molar-refractivity contribution in [3.8, 4) is 5.75 Å². The van der Waals surface area contributed by atoms with Crippen LogP contribution in [0.2, 0.25) is 0 Å². The lowest BCUT2D eigenvalue weighted by molar-refractivity contribution is 0.102. The highest BCUT2D eigenvalue weighted by molar-refractivity contribution is 6.04. The number of hydrogen-bond acceptors (Lipinski definition) is 4. The number of nitrogens with zero attached hydrogens (tertiary/aromatic N) is 2. The average molecular weight is 359 g/mol. The van der Waals surface area contributed by atoms with Gasteiger partial charge in [-0.1, -0.05) is 30.3 Å². The third-order valence-electron chi connectivity index (χ3n) is 4.75. The second kappa shape index (κ2) is 7.50. The Morgan fingerprint density at radius 2 is 1.89 bits per heavy atom. The van der Waals surface area contributed by atoms with Gasteiger partial charge in [-0.2, -0.15) is 0 Å². The first-order valence-corrected chi connectivity index (χ1v) is 9.02. The molecule has 0 fully saturated rings. The van der Waals surface area contributed by atoms with Gasteiger partial charge in [0, 0.05) is 18.4 Å². The number of ether oxygens (including phenoxy) is 1. The average Bonchev–Trinajstić information content (AvgIpc) is 2.74. The molecule has 0 spiro atoms. The maximum absolute atomic E-state index is 12.5. The Morgan fingerprint density at radius 1 is 1.07 bits per heavy atom. The fourth-order valence-corrected chi connectivity index (χ4v) is 3.39. The van der Waals surface area contributed by atoms with Crippen LogP contribution in [0.3, 0.4) is 0 Å². The first-order valence-electron chi connectivity index (χ1n) is 9.02. The van der Waals surface area contributed by atoms with E-state index in [-0.39, 0.29) is 5.91 Å². The van der Waals surface area contributed by atoms with Gasteiger partial charge in [0.05, 0.1) is 18.4 Å².